The van der Waals surface area contributed by atoms with E-state index in [1.54, 1.807) is 6.08 Å². The molecule has 0 saturated carbocycles. The minimum Gasteiger partial charge on any atom is -0.465 e. The van der Waals surface area contributed by atoms with Gasteiger partial charge in [-0.05, 0) is 55.9 Å². The summed E-state index contributed by atoms with van der Waals surface area (Å²) in [5, 5.41) is 13.3. The van der Waals surface area contributed by atoms with E-state index in [0.29, 0.717) is 19.4 Å². The highest BCUT2D eigenvalue weighted by Crippen LogP contribution is 2.24. The third-order valence-corrected chi connectivity index (χ3v) is 7.17. The largest absolute Gasteiger partial charge is 0.514 e. The van der Waals surface area contributed by atoms with E-state index in [1.807, 2.05) is 6.08 Å². The topological polar surface area (TPSA) is 134 Å². The second-order valence-corrected chi connectivity index (χ2v) is 15.3. The van der Waals surface area contributed by atoms with E-state index in [2.05, 4.69) is 25.0 Å². The molecule has 0 spiro atoms. The number of benzene rings is 1. The van der Waals surface area contributed by atoms with Crippen LogP contribution in [0.2, 0.25) is 25.7 Å². The third kappa shape index (κ3) is 11.7. The Morgan fingerprint density at radius 3 is 2.49 bits per heavy atom. The summed E-state index contributed by atoms with van der Waals surface area (Å²) < 4.78 is 15.6. The van der Waals surface area contributed by atoms with Crippen molar-refractivity contribution < 1.29 is 33.5 Å². The third-order valence-electron chi connectivity index (χ3n) is 5.47. The highest BCUT2D eigenvalue weighted by molar-refractivity contribution is 6.76. The fraction of sp³-hybridized carbons (Fsp3) is 0.542. The summed E-state index contributed by atoms with van der Waals surface area (Å²) in [5.74, 6) is -0.419. The van der Waals surface area contributed by atoms with Gasteiger partial charge in [0.2, 0.25) is 5.91 Å². The fourth-order valence-corrected chi connectivity index (χ4v) is 4.14. The molecule has 192 valence electrons. The smallest absolute Gasteiger partial charge is 0.465 e. The second kappa shape index (κ2) is 13.6. The molecule has 1 amide bonds. The standard InChI is InChI=1S/C24H34N2O8Si/c1-35(2,3)15-14-32-23(28)17-25-22(27)16-18-6-4-5-7-20(11-8-18)33-24(29)34-21-12-9-19(10-13-21)26(30)31/h5,7,9-10,12-13,18,20H,4,6,8,11,14-17H2,1-3H3,(H,25,27)/b7-5+/t18-,20?/m1/s1. The van der Waals surface area contributed by atoms with Gasteiger partial charge >= 0.3 is 12.1 Å². The zero-order valence-electron chi connectivity index (χ0n) is 20.5. The Kier molecular flexibility index (Phi) is 10.9. The lowest BCUT2D eigenvalue weighted by atomic mass is 9.90. The molecule has 1 unspecified atom stereocenters. The monoisotopic (exact) mass is 506 g/mol. The van der Waals surface area contributed by atoms with Crippen LogP contribution in [0.4, 0.5) is 10.5 Å². The summed E-state index contributed by atoms with van der Waals surface area (Å²) in [6.45, 7) is 6.84. The van der Waals surface area contributed by atoms with Crippen molar-refractivity contribution in [1.82, 2.24) is 5.32 Å². The highest BCUT2D eigenvalue weighted by atomic mass is 28.3. The summed E-state index contributed by atoms with van der Waals surface area (Å²) >= 11 is 0. The van der Waals surface area contributed by atoms with Crippen molar-refractivity contribution in [3.8, 4) is 5.75 Å². The average molecular weight is 507 g/mol. The number of nitrogens with zero attached hydrogens (tertiary/aromatic N) is 1. The van der Waals surface area contributed by atoms with Crippen LogP contribution in [0.15, 0.2) is 36.4 Å². The molecule has 1 N–H and O–H groups in total. The zero-order valence-corrected chi connectivity index (χ0v) is 21.5. The first-order valence-corrected chi connectivity index (χ1v) is 15.4. The molecule has 0 bridgehead atoms. The minimum atomic E-state index is -1.28. The number of nitro groups is 1. The molecule has 1 aliphatic carbocycles. The number of allylic oxidation sites excluding steroid dienone is 1. The molecule has 11 heteroatoms. The molecule has 0 fully saturated rings. The molecule has 1 aromatic rings. The predicted octanol–water partition coefficient (Wildman–Crippen LogP) is 4.61. The quantitative estimate of drug-likeness (QED) is 0.121. The van der Waals surface area contributed by atoms with Crippen LogP contribution >= 0.6 is 0 Å². The molecule has 2 rings (SSSR count). The van der Waals surface area contributed by atoms with Crippen LogP contribution in [-0.2, 0) is 19.1 Å². The van der Waals surface area contributed by atoms with Crippen molar-refractivity contribution in [1.29, 1.82) is 0 Å². The van der Waals surface area contributed by atoms with Gasteiger partial charge in [-0.15, -0.1) is 0 Å². The molecule has 10 nitrogen and oxygen atoms in total. The summed E-state index contributed by atoms with van der Waals surface area (Å²) in [7, 11) is -1.28. The van der Waals surface area contributed by atoms with Gasteiger partial charge in [-0.1, -0.05) is 25.7 Å². The summed E-state index contributed by atoms with van der Waals surface area (Å²) in [6, 6.07) is 6.00. The van der Waals surface area contributed by atoms with Crippen LogP contribution in [0, 0.1) is 16.0 Å². The maximum absolute atomic E-state index is 12.3. The van der Waals surface area contributed by atoms with Gasteiger partial charge in [-0.2, -0.15) is 0 Å². The Morgan fingerprint density at radius 2 is 1.83 bits per heavy atom. The zero-order chi connectivity index (χ0) is 25.8. The van der Waals surface area contributed by atoms with E-state index < -0.39 is 31.2 Å². The van der Waals surface area contributed by atoms with E-state index in [4.69, 9.17) is 14.2 Å². The SMILES string of the molecule is C[Si](C)(C)CCOC(=O)CNC(=O)C[C@@H]1CC/C=C/C(OC(=O)Oc2ccc([N+](=O)[O-])cc2)CC1. The van der Waals surface area contributed by atoms with Gasteiger partial charge in [0.15, 0.2) is 0 Å². The molecule has 0 heterocycles. The second-order valence-electron chi connectivity index (χ2n) is 9.72. The van der Waals surface area contributed by atoms with Crippen LogP contribution in [0.1, 0.15) is 32.1 Å². The summed E-state index contributed by atoms with van der Waals surface area (Å²) in [5.41, 5.74) is -0.109. The van der Waals surface area contributed by atoms with E-state index >= 15 is 0 Å². The van der Waals surface area contributed by atoms with Crippen LogP contribution in [-0.4, -0.2) is 50.3 Å². The van der Waals surface area contributed by atoms with Crippen molar-refractivity contribution >= 4 is 31.8 Å². The van der Waals surface area contributed by atoms with Gasteiger partial charge in [-0.3, -0.25) is 19.7 Å². The van der Waals surface area contributed by atoms with Crippen LogP contribution in [0.5, 0.6) is 5.75 Å². The molecule has 1 aromatic carbocycles. The molecular formula is C24H34N2O8Si. The molecule has 1 aliphatic rings. The lowest BCUT2D eigenvalue weighted by molar-refractivity contribution is -0.384. The fourth-order valence-electron chi connectivity index (χ4n) is 3.43. The Morgan fingerprint density at radius 1 is 1.11 bits per heavy atom. The van der Waals surface area contributed by atoms with Crippen molar-refractivity contribution in [3.63, 3.8) is 0 Å². The molecule has 0 aliphatic heterocycles. The maximum Gasteiger partial charge on any atom is 0.514 e. The lowest BCUT2D eigenvalue weighted by Crippen LogP contribution is -2.33. The Bertz CT molecular complexity index is 911. The van der Waals surface area contributed by atoms with Crippen LogP contribution in [0.25, 0.3) is 0 Å². The van der Waals surface area contributed by atoms with Gasteiger partial charge in [0, 0.05) is 26.6 Å². The molecule has 2 atom stereocenters. The van der Waals surface area contributed by atoms with Crippen LogP contribution in [0.3, 0.4) is 0 Å². The molecule has 0 saturated heterocycles. The number of amides is 1. The molecule has 0 radical (unpaired) electrons. The number of hydrogen-bond acceptors (Lipinski definition) is 8. The number of non-ortho nitro benzene ring substituents is 1. The van der Waals surface area contributed by atoms with Gasteiger partial charge in [0.1, 0.15) is 18.4 Å². The first-order chi connectivity index (χ1) is 16.5. The minimum absolute atomic E-state index is 0.0830. The summed E-state index contributed by atoms with van der Waals surface area (Å²) in [4.78, 5) is 46.4. The lowest BCUT2D eigenvalue weighted by Gasteiger charge is -2.21. The average Bonchev–Trinajstić information content (AvgIpc) is 2.76. The predicted molar refractivity (Wildman–Crippen MR) is 132 cm³/mol. The van der Waals surface area contributed by atoms with E-state index in [0.717, 1.165) is 18.9 Å². The van der Waals surface area contributed by atoms with E-state index in [9.17, 15) is 24.5 Å². The van der Waals surface area contributed by atoms with Gasteiger partial charge in [0.05, 0.1) is 11.5 Å². The first-order valence-electron chi connectivity index (χ1n) is 11.7. The molecule has 0 aromatic heterocycles. The van der Waals surface area contributed by atoms with Gasteiger partial charge in [-0.25, -0.2) is 4.79 Å². The van der Waals surface area contributed by atoms with Crippen molar-refractivity contribution in [2.45, 2.75) is 63.9 Å². The number of hydrogen-bond donors (Lipinski definition) is 1. The Balaban J connectivity index is 1.72. The number of carbonyl (C=O) groups is 3. The van der Waals surface area contributed by atoms with Gasteiger partial charge in [0.25, 0.3) is 5.69 Å². The number of ether oxygens (including phenoxy) is 3. The Labute approximate surface area is 206 Å². The van der Waals surface area contributed by atoms with Crippen molar-refractivity contribution in [3.05, 3.63) is 46.5 Å². The first kappa shape index (κ1) is 28.0. The summed E-state index contributed by atoms with van der Waals surface area (Å²) in [6.07, 6.45) is 5.28. The normalized spacial score (nSPS) is 18.9. The van der Waals surface area contributed by atoms with Gasteiger partial charge < -0.3 is 19.5 Å². The number of rotatable bonds is 10. The van der Waals surface area contributed by atoms with Crippen LogP contribution < -0.4 is 10.1 Å². The number of carbonyl (C=O) groups excluding carboxylic acids is 3. The number of nitro benzene ring substituents is 1. The van der Waals surface area contributed by atoms with Crippen molar-refractivity contribution in [2.24, 2.45) is 5.92 Å². The number of esters is 1. The highest BCUT2D eigenvalue weighted by Gasteiger charge is 2.21. The van der Waals surface area contributed by atoms with E-state index in [-0.39, 0.29) is 36.2 Å². The Hall–Kier alpha value is -3.21. The maximum atomic E-state index is 12.3. The number of nitrogens with one attached hydrogen (secondary N) is 1. The molecular weight excluding hydrogens is 472 g/mol. The van der Waals surface area contributed by atoms with E-state index in [1.165, 1.54) is 24.3 Å². The van der Waals surface area contributed by atoms with Crippen molar-refractivity contribution in [2.75, 3.05) is 13.2 Å². The molecule has 35 heavy (non-hydrogen) atoms.